The molecule has 0 spiro atoms. The van der Waals surface area contributed by atoms with Gasteiger partial charge in [-0.3, -0.25) is 4.79 Å². The molecule has 0 aromatic rings. The van der Waals surface area contributed by atoms with Crippen molar-refractivity contribution in [3.63, 3.8) is 0 Å². The first-order valence-corrected chi connectivity index (χ1v) is 5.45. The molecule has 70 valence electrons. The molecule has 12 heavy (non-hydrogen) atoms. The standard InChI is InChI=1S/C9H16BrNO/c1-7(2)3-5-11-6-4-8(10)9(11)12/h7-8H,3-6H2,1-2H3. The fourth-order valence-electron chi connectivity index (χ4n) is 1.34. The maximum atomic E-state index is 11.4. The first kappa shape index (κ1) is 10.0. The lowest BCUT2D eigenvalue weighted by atomic mass is 10.1. The van der Waals surface area contributed by atoms with Crippen molar-refractivity contribution < 1.29 is 4.79 Å². The molecule has 1 aliphatic rings. The summed E-state index contributed by atoms with van der Waals surface area (Å²) in [5.74, 6) is 0.961. The molecule has 1 fully saturated rings. The molecule has 0 saturated carbocycles. The van der Waals surface area contributed by atoms with Crippen molar-refractivity contribution in [2.45, 2.75) is 31.5 Å². The van der Waals surface area contributed by atoms with Gasteiger partial charge in [0.2, 0.25) is 5.91 Å². The van der Waals surface area contributed by atoms with E-state index in [1.807, 2.05) is 4.90 Å². The molecule has 1 unspecified atom stereocenters. The number of halogens is 1. The Bertz CT molecular complexity index is 170. The molecule has 1 rings (SSSR count). The highest BCUT2D eigenvalue weighted by molar-refractivity contribution is 9.10. The second kappa shape index (κ2) is 4.26. The van der Waals surface area contributed by atoms with Crippen molar-refractivity contribution in [1.29, 1.82) is 0 Å². The number of rotatable bonds is 3. The van der Waals surface area contributed by atoms with Crippen LogP contribution < -0.4 is 0 Å². The normalized spacial score (nSPS) is 24.2. The zero-order chi connectivity index (χ0) is 9.14. The molecule has 0 N–H and O–H groups in total. The van der Waals surface area contributed by atoms with Crippen molar-refractivity contribution in [2.75, 3.05) is 13.1 Å². The van der Waals surface area contributed by atoms with Crippen LogP contribution in [-0.4, -0.2) is 28.7 Å². The fourth-order valence-corrected chi connectivity index (χ4v) is 1.83. The van der Waals surface area contributed by atoms with Crippen LogP contribution in [0.15, 0.2) is 0 Å². The minimum absolute atomic E-state index is 0.0877. The number of hydrogen-bond donors (Lipinski definition) is 0. The molecule has 0 aromatic carbocycles. The van der Waals surface area contributed by atoms with E-state index in [2.05, 4.69) is 29.8 Å². The smallest absolute Gasteiger partial charge is 0.236 e. The Hall–Kier alpha value is -0.0500. The topological polar surface area (TPSA) is 20.3 Å². The minimum Gasteiger partial charge on any atom is -0.342 e. The van der Waals surface area contributed by atoms with E-state index in [1.165, 1.54) is 0 Å². The van der Waals surface area contributed by atoms with E-state index in [4.69, 9.17) is 0 Å². The molecule has 0 radical (unpaired) electrons. The lowest BCUT2D eigenvalue weighted by Gasteiger charge is -2.16. The summed E-state index contributed by atoms with van der Waals surface area (Å²) in [6.45, 7) is 6.23. The van der Waals surface area contributed by atoms with Gasteiger partial charge in [0.15, 0.2) is 0 Å². The second-order valence-corrected chi connectivity index (χ2v) is 4.87. The van der Waals surface area contributed by atoms with Crippen LogP contribution in [0, 0.1) is 5.92 Å². The summed E-state index contributed by atoms with van der Waals surface area (Å²) in [7, 11) is 0. The molecule has 3 heteroatoms. The van der Waals surface area contributed by atoms with Gasteiger partial charge >= 0.3 is 0 Å². The Morgan fingerprint density at radius 3 is 2.75 bits per heavy atom. The fraction of sp³-hybridized carbons (Fsp3) is 0.889. The van der Waals surface area contributed by atoms with Crippen molar-refractivity contribution in [3.8, 4) is 0 Å². The number of amides is 1. The van der Waals surface area contributed by atoms with Crippen LogP contribution in [0.25, 0.3) is 0 Å². The summed E-state index contributed by atoms with van der Waals surface area (Å²) in [5, 5.41) is 0. The highest BCUT2D eigenvalue weighted by atomic mass is 79.9. The van der Waals surface area contributed by atoms with E-state index in [0.29, 0.717) is 5.92 Å². The average Bonchev–Trinajstić information content (AvgIpc) is 2.30. The minimum atomic E-state index is 0.0877. The Balaban J connectivity index is 2.30. The van der Waals surface area contributed by atoms with Gasteiger partial charge in [-0.05, 0) is 18.8 Å². The summed E-state index contributed by atoms with van der Waals surface area (Å²) in [4.78, 5) is 13.4. The van der Waals surface area contributed by atoms with Crippen LogP contribution in [0.1, 0.15) is 26.7 Å². The first-order valence-electron chi connectivity index (χ1n) is 4.54. The third-order valence-electron chi connectivity index (χ3n) is 2.21. The number of alkyl halides is 1. The van der Waals surface area contributed by atoms with Gasteiger partial charge in [0.05, 0.1) is 4.83 Å². The third kappa shape index (κ3) is 2.47. The molecule has 0 aliphatic carbocycles. The van der Waals surface area contributed by atoms with Gasteiger partial charge in [0, 0.05) is 13.1 Å². The summed E-state index contributed by atoms with van der Waals surface area (Å²) >= 11 is 3.36. The van der Waals surface area contributed by atoms with E-state index in [9.17, 15) is 4.79 Å². The van der Waals surface area contributed by atoms with Gasteiger partial charge < -0.3 is 4.90 Å². The Labute approximate surface area is 82.4 Å². The van der Waals surface area contributed by atoms with Crippen LogP contribution in [0.3, 0.4) is 0 Å². The number of likely N-dealkylation sites (tertiary alicyclic amines) is 1. The number of hydrogen-bond acceptors (Lipinski definition) is 1. The molecule has 1 saturated heterocycles. The predicted octanol–water partition coefficient (Wildman–Crippen LogP) is 2.03. The molecule has 1 heterocycles. The van der Waals surface area contributed by atoms with Gasteiger partial charge in [0.25, 0.3) is 0 Å². The lowest BCUT2D eigenvalue weighted by molar-refractivity contribution is -0.127. The van der Waals surface area contributed by atoms with Gasteiger partial charge in [-0.2, -0.15) is 0 Å². The molecule has 1 amide bonds. The molecule has 1 aliphatic heterocycles. The highest BCUT2D eigenvalue weighted by Gasteiger charge is 2.28. The third-order valence-corrected chi connectivity index (χ3v) is 3.06. The van der Waals surface area contributed by atoms with Crippen molar-refractivity contribution in [1.82, 2.24) is 4.90 Å². The number of carbonyl (C=O) groups is 1. The zero-order valence-corrected chi connectivity index (χ0v) is 9.30. The lowest BCUT2D eigenvalue weighted by Crippen LogP contribution is -2.29. The first-order chi connectivity index (χ1) is 5.61. The summed E-state index contributed by atoms with van der Waals surface area (Å²) in [5.41, 5.74) is 0. The van der Waals surface area contributed by atoms with E-state index in [-0.39, 0.29) is 10.7 Å². The quantitative estimate of drug-likeness (QED) is 0.684. The van der Waals surface area contributed by atoms with Crippen LogP contribution in [0.2, 0.25) is 0 Å². The maximum Gasteiger partial charge on any atom is 0.236 e. The maximum absolute atomic E-state index is 11.4. The zero-order valence-electron chi connectivity index (χ0n) is 7.72. The van der Waals surface area contributed by atoms with Crippen molar-refractivity contribution in [3.05, 3.63) is 0 Å². The summed E-state index contributed by atoms with van der Waals surface area (Å²) < 4.78 is 0. The van der Waals surface area contributed by atoms with Crippen molar-refractivity contribution >= 4 is 21.8 Å². The SMILES string of the molecule is CC(C)CCN1CCC(Br)C1=O. The Morgan fingerprint density at radius 2 is 2.33 bits per heavy atom. The molecular formula is C9H16BrNO. The molecule has 1 atom stereocenters. The van der Waals surface area contributed by atoms with Gasteiger partial charge in [-0.15, -0.1) is 0 Å². The summed E-state index contributed by atoms with van der Waals surface area (Å²) in [6, 6.07) is 0. The van der Waals surface area contributed by atoms with E-state index in [0.717, 1.165) is 25.9 Å². The van der Waals surface area contributed by atoms with E-state index >= 15 is 0 Å². The predicted molar refractivity (Wildman–Crippen MR) is 53.4 cm³/mol. The van der Waals surface area contributed by atoms with Crippen molar-refractivity contribution in [2.24, 2.45) is 5.92 Å². The van der Waals surface area contributed by atoms with Crippen LogP contribution in [0.4, 0.5) is 0 Å². The van der Waals surface area contributed by atoms with E-state index < -0.39 is 0 Å². The van der Waals surface area contributed by atoms with E-state index in [1.54, 1.807) is 0 Å². The second-order valence-electron chi connectivity index (χ2n) is 3.76. The molecule has 0 bridgehead atoms. The highest BCUT2D eigenvalue weighted by Crippen LogP contribution is 2.19. The molecular weight excluding hydrogens is 218 g/mol. The monoisotopic (exact) mass is 233 g/mol. The molecule has 2 nitrogen and oxygen atoms in total. The molecule has 0 aromatic heterocycles. The van der Waals surface area contributed by atoms with Gasteiger partial charge in [-0.1, -0.05) is 29.8 Å². The van der Waals surface area contributed by atoms with Gasteiger partial charge in [0.1, 0.15) is 0 Å². The summed E-state index contributed by atoms with van der Waals surface area (Å²) in [6.07, 6.45) is 2.09. The van der Waals surface area contributed by atoms with Crippen LogP contribution in [-0.2, 0) is 4.79 Å². The average molecular weight is 234 g/mol. The van der Waals surface area contributed by atoms with Crippen LogP contribution >= 0.6 is 15.9 Å². The number of nitrogens with zero attached hydrogens (tertiary/aromatic N) is 1. The number of carbonyl (C=O) groups excluding carboxylic acids is 1. The Kier molecular flexibility index (Phi) is 3.56. The Morgan fingerprint density at radius 1 is 1.67 bits per heavy atom. The van der Waals surface area contributed by atoms with Crippen LogP contribution in [0.5, 0.6) is 0 Å². The van der Waals surface area contributed by atoms with Gasteiger partial charge in [-0.25, -0.2) is 0 Å². The largest absolute Gasteiger partial charge is 0.342 e.